The number of carbonyl (C=O) groups is 3. The number of anilines is 1. The molecule has 40 heavy (non-hydrogen) atoms. The Morgan fingerprint density at radius 3 is 2.23 bits per heavy atom. The third kappa shape index (κ3) is 4.86. The van der Waals surface area contributed by atoms with Gasteiger partial charge in [-0.05, 0) is 67.6 Å². The Kier molecular flexibility index (Phi) is 7.45. The first kappa shape index (κ1) is 27.1. The monoisotopic (exact) mass is 554 g/mol. The van der Waals surface area contributed by atoms with Crippen LogP contribution in [0.2, 0.25) is 0 Å². The first-order chi connectivity index (χ1) is 19.2. The molecule has 5 rings (SSSR count). The Morgan fingerprint density at radius 1 is 0.975 bits per heavy atom. The van der Waals surface area contributed by atoms with Crippen molar-refractivity contribution in [3.63, 3.8) is 0 Å². The minimum absolute atomic E-state index is 0.137. The summed E-state index contributed by atoms with van der Waals surface area (Å²) in [7, 11) is 0. The number of Topliss-reactive ketones (excluding diaryl/α,β-unsaturated/α-hetero) is 1. The van der Waals surface area contributed by atoms with Gasteiger partial charge in [0.1, 0.15) is 11.3 Å². The van der Waals surface area contributed by atoms with Crippen molar-refractivity contribution in [1.82, 2.24) is 4.90 Å². The SMILES string of the molecule is Cc1ccc(C(=O)C2C(C=Cc3ccccc3)N(C(=O)Nc3ccccc3)C(C)(C(=O)O)C2c2sccc2C)o1. The van der Waals surface area contributed by atoms with Crippen LogP contribution >= 0.6 is 11.3 Å². The highest BCUT2D eigenvalue weighted by molar-refractivity contribution is 7.10. The number of carboxylic acid groups (broad SMARTS) is 1. The number of aliphatic carboxylic acids is 1. The van der Waals surface area contributed by atoms with Crippen molar-refractivity contribution in [2.75, 3.05) is 5.32 Å². The van der Waals surface area contributed by atoms with Gasteiger partial charge in [-0.3, -0.25) is 4.79 Å². The summed E-state index contributed by atoms with van der Waals surface area (Å²) < 4.78 is 5.75. The molecule has 0 radical (unpaired) electrons. The topological polar surface area (TPSA) is 99.9 Å². The smallest absolute Gasteiger partial charge is 0.330 e. The summed E-state index contributed by atoms with van der Waals surface area (Å²) in [6.45, 7) is 5.18. The Bertz CT molecular complexity index is 1560. The molecular weight excluding hydrogens is 524 g/mol. The summed E-state index contributed by atoms with van der Waals surface area (Å²) >= 11 is 1.39. The number of carboxylic acids is 1. The largest absolute Gasteiger partial charge is 0.479 e. The van der Waals surface area contributed by atoms with E-state index in [1.165, 1.54) is 23.2 Å². The molecule has 3 heterocycles. The van der Waals surface area contributed by atoms with Gasteiger partial charge in [-0.15, -0.1) is 11.3 Å². The van der Waals surface area contributed by atoms with Gasteiger partial charge in [0.25, 0.3) is 0 Å². The van der Waals surface area contributed by atoms with Crippen LogP contribution in [-0.2, 0) is 4.79 Å². The summed E-state index contributed by atoms with van der Waals surface area (Å²) in [4.78, 5) is 43.6. The zero-order valence-electron chi connectivity index (χ0n) is 22.4. The van der Waals surface area contributed by atoms with Crippen molar-refractivity contribution < 1.29 is 23.9 Å². The van der Waals surface area contributed by atoms with Crippen molar-refractivity contribution >= 4 is 40.9 Å². The molecule has 1 saturated heterocycles. The van der Waals surface area contributed by atoms with E-state index in [9.17, 15) is 19.5 Å². The number of carbonyl (C=O) groups excluding carboxylic acids is 2. The summed E-state index contributed by atoms with van der Waals surface area (Å²) in [6.07, 6.45) is 3.59. The molecule has 7 nitrogen and oxygen atoms in total. The lowest BCUT2D eigenvalue weighted by Gasteiger charge is -2.37. The van der Waals surface area contributed by atoms with Gasteiger partial charge in [0, 0.05) is 16.5 Å². The molecule has 0 bridgehead atoms. The van der Waals surface area contributed by atoms with E-state index in [1.54, 1.807) is 49.4 Å². The fourth-order valence-corrected chi connectivity index (χ4v) is 6.79. The van der Waals surface area contributed by atoms with Crippen LogP contribution in [0.15, 0.2) is 94.7 Å². The van der Waals surface area contributed by atoms with E-state index < -0.39 is 35.4 Å². The molecule has 4 unspecified atom stereocenters. The molecular formula is C32H30N2O5S. The Balaban J connectivity index is 1.72. The van der Waals surface area contributed by atoms with Crippen molar-refractivity contribution in [1.29, 1.82) is 0 Å². The second-order valence-corrected chi connectivity index (χ2v) is 11.1. The Hall–Kier alpha value is -4.43. The second kappa shape index (κ2) is 11.0. The van der Waals surface area contributed by atoms with E-state index in [1.807, 2.05) is 60.8 Å². The Morgan fingerprint density at radius 2 is 1.65 bits per heavy atom. The first-order valence-corrected chi connectivity index (χ1v) is 13.9. The lowest BCUT2D eigenvalue weighted by atomic mass is 9.75. The lowest BCUT2D eigenvalue weighted by molar-refractivity contribution is -0.148. The average Bonchev–Trinajstić information content (AvgIpc) is 3.64. The van der Waals surface area contributed by atoms with Crippen LogP contribution in [0.3, 0.4) is 0 Å². The van der Waals surface area contributed by atoms with Gasteiger partial charge in [-0.1, -0.05) is 60.7 Å². The third-order valence-electron chi connectivity index (χ3n) is 7.56. The molecule has 2 aromatic heterocycles. The summed E-state index contributed by atoms with van der Waals surface area (Å²) in [5.41, 5.74) is 0.486. The zero-order valence-corrected chi connectivity index (χ0v) is 23.2. The third-order valence-corrected chi connectivity index (χ3v) is 8.67. The van der Waals surface area contributed by atoms with E-state index in [2.05, 4.69) is 5.32 Å². The Labute approximate surface area is 236 Å². The number of benzene rings is 2. The van der Waals surface area contributed by atoms with E-state index in [4.69, 9.17) is 4.42 Å². The van der Waals surface area contributed by atoms with Crippen LogP contribution < -0.4 is 5.32 Å². The molecule has 0 spiro atoms. The van der Waals surface area contributed by atoms with Crippen LogP contribution in [0.25, 0.3) is 6.08 Å². The molecule has 4 aromatic rings. The molecule has 4 atom stereocenters. The average molecular weight is 555 g/mol. The number of para-hydroxylation sites is 1. The highest BCUT2D eigenvalue weighted by Crippen LogP contribution is 2.53. The van der Waals surface area contributed by atoms with Crippen LogP contribution in [0.4, 0.5) is 10.5 Å². The molecule has 8 heteroatoms. The number of nitrogens with zero attached hydrogens (tertiary/aromatic N) is 1. The normalized spacial score (nSPS) is 22.5. The molecule has 1 aliphatic rings. The van der Waals surface area contributed by atoms with Gasteiger partial charge in [0.05, 0.1) is 12.0 Å². The number of thiophene rings is 1. The number of ketones is 1. The number of rotatable bonds is 7. The molecule has 2 amide bonds. The van der Waals surface area contributed by atoms with Gasteiger partial charge >= 0.3 is 12.0 Å². The van der Waals surface area contributed by atoms with Gasteiger partial charge in [-0.25, -0.2) is 9.59 Å². The van der Waals surface area contributed by atoms with Crippen molar-refractivity contribution in [2.45, 2.75) is 38.3 Å². The van der Waals surface area contributed by atoms with E-state index in [0.29, 0.717) is 11.4 Å². The highest BCUT2D eigenvalue weighted by atomic mass is 32.1. The lowest BCUT2D eigenvalue weighted by Crippen LogP contribution is -2.56. The number of hydrogen-bond acceptors (Lipinski definition) is 5. The van der Waals surface area contributed by atoms with E-state index >= 15 is 0 Å². The van der Waals surface area contributed by atoms with Crippen molar-refractivity contribution in [3.05, 3.63) is 118 Å². The van der Waals surface area contributed by atoms with Crippen LogP contribution in [0.5, 0.6) is 0 Å². The maximum Gasteiger partial charge on any atom is 0.330 e. The molecule has 0 aliphatic carbocycles. The maximum absolute atomic E-state index is 14.3. The summed E-state index contributed by atoms with van der Waals surface area (Å²) in [5, 5.41) is 15.6. The van der Waals surface area contributed by atoms with Gasteiger partial charge < -0.3 is 19.7 Å². The predicted molar refractivity (Wildman–Crippen MR) is 156 cm³/mol. The zero-order chi connectivity index (χ0) is 28.4. The second-order valence-electron chi connectivity index (χ2n) is 10.1. The van der Waals surface area contributed by atoms with Gasteiger partial charge in [0.15, 0.2) is 5.76 Å². The number of hydrogen-bond donors (Lipinski definition) is 2. The molecule has 0 saturated carbocycles. The minimum atomic E-state index is -1.76. The fourth-order valence-electron chi connectivity index (χ4n) is 5.59. The number of nitrogens with one attached hydrogen (secondary N) is 1. The van der Waals surface area contributed by atoms with Gasteiger partial charge in [0.2, 0.25) is 5.78 Å². The van der Waals surface area contributed by atoms with E-state index in [-0.39, 0.29) is 11.5 Å². The molecule has 1 fully saturated rings. The number of urea groups is 1. The van der Waals surface area contributed by atoms with Crippen LogP contribution in [0.1, 0.15) is 45.2 Å². The molecule has 2 aromatic carbocycles. The predicted octanol–water partition coefficient (Wildman–Crippen LogP) is 7.01. The maximum atomic E-state index is 14.3. The summed E-state index contributed by atoms with van der Waals surface area (Å²) in [6, 6.07) is 22.1. The van der Waals surface area contributed by atoms with E-state index in [0.717, 1.165) is 16.0 Å². The molecule has 204 valence electrons. The number of amides is 2. The number of aryl methyl sites for hydroxylation is 2. The summed E-state index contributed by atoms with van der Waals surface area (Å²) in [5.74, 6) is -2.60. The van der Waals surface area contributed by atoms with Crippen molar-refractivity contribution in [3.8, 4) is 0 Å². The van der Waals surface area contributed by atoms with Crippen molar-refractivity contribution in [2.24, 2.45) is 5.92 Å². The number of furan rings is 1. The fraction of sp³-hybridized carbons (Fsp3) is 0.219. The molecule has 1 aliphatic heterocycles. The molecule has 2 N–H and O–H groups in total. The number of likely N-dealkylation sites (tertiary alicyclic amines) is 1. The van der Waals surface area contributed by atoms with Gasteiger partial charge in [-0.2, -0.15) is 0 Å². The quantitative estimate of drug-likeness (QED) is 0.239. The van der Waals surface area contributed by atoms with Crippen LogP contribution in [-0.4, -0.2) is 39.4 Å². The van der Waals surface area contributed by atoms with Crippen LogP contribution in [0, 0.1) is 19.8 Å². The standard InChI is InChI=1S/C32H30N2O5S/c1-20-18-19-40-29(20)27-26(28(35)25-17-14-21(2)39-25)24(16-15-22-10-6-4-7-11-22)34(32(27,3)30(36)37)31(38)33-23-12-8-5-9-13-23/h4-19,24,26-27H,1-3H3,(H,33,38)(H,36,37). The highest BCUT2D eigenvalue weighted by Gasteiger charge is 2.65. The first-order valence-electron chi connectivity index (χ1n) is 13.0. The minimum Gasteiger partial charge on any atom is -0.479 e.